The molecule has 0 aliphatic carbocycles. The number of aromatic amines is 1. The van der Waals surface area contributed by atoms with E-state index in [1.54, 1.807) is 31.7 Å². The molecule has 0 saturated carbocycles. The van der Waals surface area contributed by atoms with E-state index in [0.29, 0.717) is 17.3 Å². The third kappa shape index (κ3) is 3.34. The fourth-order valence-electron chi connectivity index (χ4n) is 2.75. The first-order valence-electron chi connectivity index (χ1n) is 8.40. The van der Waals surface area contributed by atoms with Gasteiger partial charge in [-0.25, -0.2) is 24.7 Å². The summed E-state index contributed by atoms with van der Waals surface area (Å²) in [6.45, 7) is 3.94. The number of H-pyrrole nitrogens is 1. The molecule has 0 saturated heterocycles. The van der Waals surface area contributed by atoms with Gasteiger partial charge in [0.15, 0.2) is 5.82 Å². The second-order valence-electron chi connectivity index (χ2n) is 5.82. The van der Waals surface area contributed by atoms with Crippen LogP contribution < -0.4 is 5.32 Å². The first kappa shape index (κ1) is 16.7. The van der Waals surface area contributed by atoms with Crippen molar-refractivity contribution in [2.45, 2.75) is 13.8 Å². The van der Waals surface area contributed by atoms with Crippen LogP contribution in [0.2, 0.25) is 0 Å². The summed E-state index contributed by atoms with van der Waals surface area (Å²) < 4.78 is 6.81. The number of amides is 1. The number of nitrogens with zero attached hydrogens (tertiary/aromatic N) is 5. The van der Waals surface area contributed by atoms with Crippen molar-refractivity contribution in [1.82, 2.24) is 29.5 Å². The average molecular weight is 363 g/mol. The van der Waals surface area contributed by atoms with Crippen molar-refractivity contribution in [3.05, 3.63) is 48.8 Å². The number of carbonyl (C=O) groups excluding carboxylic acids is 1. The third-order valence-corrected chi connectivity index (χ3v) is 3.88. The summed E-state index contributed by atoms with van der Waals surface area (Å²) in [7, 11) is 0. The van der Waals surface area contributed by atoms with Gasteiger partial charge in [-0.05, 0) is 32.0 Å². The smallest absolute Gasteiger partial charge is 0.413 e. The summed E-state index contributed by atoms with van der Waals surface area (Å²) in [5.74, 6) is 0.829. The Morgan fingerprint density at radius 1 is 1.26 bits per heavy atom. The summed E-state index contributed by atoms with van der Waals surface area (Å²) in [4.78, 5) is 32.2. The van der Waals surface area contributed by atoms with E-state index in [1.165, 1.54) is 0 Å². The number of benzene rings is 1. The summed E-state index contributed by atoms with van der Waals surface area (Å²) in [5.41, 5.74) is 3.89. The van der Waals surface area contributed by atoms with Crippen molar-refractivity contribution in [2.24, 2.45) is 0 Å². The van der Waals surface area contributed by atoms with E-state index in [4.69, 9.17) is 4.74 Å². The molecule has 9 nitrogen and oxygen atoms in total. The zero-order chi connectivity index (χ0) is 18.8. The quantitative estimate of drug-likeness (QED) is 0.576. The lowest BCUT2D eigenvalue weighted by Gasteiger charge is -2.06. The van der Waals surface area contributed by atoms with E-state index >= 15 is 0 Å². The van der Waals surface area contributed by atoms with E-state index in [0.717, 1.165) is 22.5 Å². The van der Waals surface area contributed by atoms with Crippen LogP contribution in [0.3, 0.4) is 0 Å². The molecule has 1 aromatic carbocycles. The van der Waals surface area contributed by atoms with Crippen LogP contribution in [0.5, 0.6) is 0 Å². The number of anilines is 1. The van der Waals surface area contributed by atoms with Crippen LogP contribution in [-0.4, -0.2) is 42.2 Å². The van der Waals surface area contributed by atoms with Gasteiger partial charge in [0.05, 0.1) is 24.1 Å². The lowest BCUT2D eigenvalue weighted by atomic mass is 10.1. The molecule has 3 heterocycles. The largest absolute Gasteiger partial charge is 0.450 e. The second-order valence-corrected chi connectivity index (χ2v) is 5.82. The predicted molar refractivity (Wildman–Crippen MR) is 99.6 cm³/mol. The Morgan fingerprint density at radius 2 is 2.07 bits per heavy atom. The number of aryl methyl sites for hydroxylation is 1. The number of aromatic nitrogens is 6. The number of nitrogens with one attached hydrogen (secondary N) is 2. The lowest BCUT2D eigenvalue weighted by molar-refractivity contribution is 0.167. The van der Waals surface area contributed by atoms with Crippen LogP contribution in [0.25, 0.3) is 28.1 Å². The maximum Gasteiger partial charge on any atom is 0.413 e. The molecule has 0 bridgehead atoms. The van der Waals surface area contributed by atoms with Gasteiger partial charge in [-0.3, -0.25) is 5.32 Å². The molecule has 2 N–H and O–H groups in total. The molecule has 0 spiro atoms. The summed E-state index contributed by atoms with van der Waals surface area (Å²) in [6, 6.07) is 5.61. The van der Waals surface area contributed by atoms with Crippen molar-refractivity contribution in [1.29, 1.82) is 0 Å². The Bertz CT molecular complexity index is 1100. The fraction of sp³-hybridized carbons (Fsp3) is 0.167. The molecule has 4 aromatic rings. The fourth-order valence-corrected chi connectivity index (χ4v) is 2.75. The van der Waals surface area contributed by atoms with Crippen LogP contribution in [0, 0.1) is 6.92 Å². The molecule has 0 atom stereocenters. The molecule has 0 aliphatic heterocycles. The zero-order valence-electron chi connectivity index (χ0n) is 14.8. The normalized spacial score (nSPS) is 10.9. The van der Waals surface area contributed by atoms with Gasteiger partial charge in [-0.2, -0.15) is 0 Å². The predicted octanol–water partition coefficient (Wildman–Crippen LogP) is 3.08. The van der Waals surface area contributed by atoms with E-state index in [9.17, 15) is 4.79 Å². The Kier molecular flexibility index (Phi) is 4.25. The maximum atomic E-state index is 11.7. The lowest BCUT2D eigenvalue weighted by Crippen LogP contribution is -2.14. The number of hydrogen-bond donors (Lipinski definition) is 2. The van der Waals surface area contributed by atoms with Crippen molar-refractivity contribution >= 4 is 23.1 Å². The minimum atomic E-state index is -0.570. The zero-order valence-corrected chi connectivity index (χ0v) is 14.8. The topological polar surface area (TPSA) is 111 Å². The highest BCUT2D eigenvalue weighted by Gasteiger charge is 2.15. The number of rotatable bonds is 4. The van der Waals surface area contributed by atoms with E-state index in [1.807, 2.05) is 29.8 Å². The molecular weight excluding hydrogens is 346 g/mol. The molecule has 136 valence electrons. The number of imidazole rings is 2. The minimum absolute atomic E-state index is 0.277. The van der Waals surface area contributed by atoms with Crippen LogP contribution >= 0.6 is 0 Å². The van der Waals surface area contributed by atoms with E-state index < -0.39 is 6.09 Å². The standard InChI is InChI=1S/C18H17N7O2/c1-3-27-18(26)24-17-22-14-8-12(25-9-11(2)21-10-25)7-13(15(14)23-17)16-19-5-4-6-20-16/h4-10H,3H2,1-2H3,(H2,22,23,24,26). The maximum absolute atomic E-state index is 11.7. The molecule has 0 unspecified atom stereocenters. The summed E-state index contributed by atoms with van der Waals surface area (Å²) in [5, 5.41) is 2.59. The number of hydrogen-bond acceptors (Lipinski definition) is 6. The van der Waals surface area contributed by atoms with Crippen LogP contribution in [-0.2, 0) is 4.74 Å². The van der Waals surface area contributed by atoms with Crippen LogP contribution in [0.4, 0.5) is 10.7 Å². The van der Waals surface area contributed by atoms with Crippen LogP contribution in [0.1, 0.15) is 12.6 Å². The second kappa shape index (κ2) is 6.87. The van der Waals surface area contributed by atoms with Gasteiger partial charge >= 0.3 is 6.09 Å². The molecule has 0 radical (unpaired) electrons. The van der Waals surface area contributed by atoms with E-state index in [-0.39, 0.29) is 6.61 Å². The summed E-state index contributed by atoms with van der Waals surface area (Å²) >= 11 is 0. The molecule has 9 heteroatoms. The Hall–Kier alpha value is -3.75. The molecule has 27 heavy (non-hydrogen) atoms. The Balaban J connectivity index is 1.86. The highest BCUT2D eigenvalue weighted by molar-refractivity contribution is 5.95. The van der Waals surface area contributed by atoms with Gasteiger partial charge in [-0.1, -0.05) is 0 Å². The van der Waals surface area contributed by atoms with Gasteiger partial charge in [0.2, 0.25) is 5.95 Å². The van der Waals surface area contributed by atoms with Crippen molar-refractivity contribution in [2.75, 3.05) is 11.9 Å². The van der Waals surface area contributed by atoms with Gasteiger partial charge < -0.3 is 14.3 Å². The molecule has 3 aromatic heterocycles. The van der Waals surface area contributed by atoms with Crippen molar-refractivity contribution in [3.63, 3.8) is 0 Å². The van der Waals surface area contributed by atoms with Crippen LogP contribution in [0.15, 0.2) is 43.1 Å². The molecular formula is C18H17N7O2. The Morgan fingerprint density at radius 3 is 2.78 bits per heavy atom. The first-order chi connectivity index (χ1) is 13.1. The molecule has 0 aliphatic rings. The van der Waals surface area contributed by atoms with Gasteiger partial charge in [-0.15, -0.1) is 0 Å². The van der Waals surface area contributed by atoms with Gasteiger partial charge in [0.25, 0.3) is 0 Å². The first-order valence-corrected chi connectivity index (χ1v) is 8.40. The van der Waals surface area contributed by atoms with Crippen molar-refractivity contribution in [3.8, 4) is 17.1 Å². The van der Waals surface area contributed by atoms with Gasteiger partial charge in [0.1, 0.15) is 5.52 Å². The highest BCUT2D eigenvalue weighted by Crippen LogP contribution is 2.29. The Labute approximate surface area is 154 Å². The SMILES string of the molecule is CCOC(=O)Nc1nc2c(-c3ncccn3)cc(-n3cnc(C)c3)cc2[nH]1. The average Bonchev–Trinajstić information content (AvgIpc) is 3.27. The van der Waals surface area contributed by atoms with Crippen molar-refractivity contribution < 1.29 is 9.53 Å². The molecule has 4 rings (SSSR count). The minimum Gasteiger partial charge on any atom is -0.450 e. The summed E-state index contributed by atoms with van der Waals surface area (Å²) in [6.07, 6.45) is 6.43. The number of ether oxygens (including phenoxy) is 1. The monoisotopic (exact) mass is 363 g/mol. The number of carbonyl (C=O) groups is 1. The highest BCUT2D eigenvalue weighted by atomic mass is 16.5. The van der Waals surface area contributed by atoms with E-state index in [2.05, 4.69) is 30.2 Å². The molecule has 0 fully saturated rings. The number of fused-ring (bicyclic) bond motifs is 1. The molecule has 1 amide bonds. The third-order valence-electron chi connectivity index (χ3n) is 3.88. The van der Waals surface area contributed by atoms with Gasteiger partial charge in [0, 0.05) is 29.8 Å².